The first kappa shape index (κ1) is 18.5. The summed E-state index contributed by atoms with van der Waals surface area (Å²) < 4.78 is 0. The van der Waals surface area contributed by atoms with Gasteiger partial charge in [0.1, 0.15) is 0 Å². The number of unbranched alkanes of at least 4 members (excludes halogenated alkanes) is 14. The Morgan fingerprint density at radius 2 is 0.947 bits per heavy atom. The Bertz CT molecular complexity index is 175. The maximum absolute atomic E-state index is 5.30. The minimum absolute atomic E-state index is 1.16. The van der Waals surface area contributed by atoms with Gasteiger partial charge in [-0.25, -0.2) is 0 Å². The summed E-state index contributed by atoms with van der Waals surface area (Å²) >= 11 is 0. The third-order valence-electron chi connectivity index (χ3n) is 3.86. The minimum Gasteiger partial charge on any atom is -0.405 e. The molecule has 0 aliphatic heterocycles. The van der Waals surface area contributed by atoms with Crippen molar-refractivity contribution in [2.75, 3.05) is 0 Å². The van der Waals surface area contributed by atoms with Crippen molar-refractivity contribution in [3.63, 3.8) is 0 Å². The SMILES string of the molecule is CCCCCCCCCCCCCCCC/C=C\N. The fourth-order valence-electron chi connectivity index (χ4n) is 2.55. The number of hydrogen-bond acceptors (Lipinski definition) is 1. The van der Waals surface area contributed by atoms with E-state index >= 15 is 0 Å². The van der Waals surface area contributed by atoms with Crippen molar-refractivity contribution >= 4 is 0 Å². The van der Waals surface area contributed by atoms with Crippen LogP contribution in [0.15, 0.2) is 12.3 Å². The molecule has 0 spiro atoms. The van der Waals surface area contributed by atoms with E-state index in [0.29, 0.717) is 0 Å². The van der Waals surface area contributed by atoms with E-state index in [1.54, 1.807) is 6.20 Å². The van der Waals surface area contributed by atoms with Gasteiger partial charge in [-0.2, -0.15) is 0 Å². The van der Waals surface area contributed by atoms with Crippen molar-refractivity contribution in [2.45, 2.75) is 103 Å². The van der Waals surface area contributed by atoms with E-state index < -0.39 is 0 Å². The molecule has 0 aromatic heterocycles. The molecule has 0 rings (SSSR count). The van der Waals surface area contributed by atoms with E-state index in [0.717, 1.165) is 6.42 Å². The number of rotatable bonds is 15. The number of hydrogen-bond donors (Lipinski definition) is 1. The van der Waals surface area contributed by atoms with Gasteiger partial charge in [0.25, 0.3) is 0 Å². The maximum Gasteiger partial charge on any atom is -0.0103 e. The molecule has 0 radical (unpaired) electrons. The van der Waals surface area contributed by atoms with E-state index in [1.807, 2.05) is 0 Å². The minimum atomic E-state index is 1.16. The first-order valence-electron chi connectivity index (χ1n) is 8.78. The molecule has 0 bridgehead atoms. The zero-order chi connectivity index (χ0) is 14.0. The summed E-state index contributed by atoms with van der Waals surface area (Å²) in [5.41, 5.74) is 5.30. The summed E-state index contributed by atoms with van der Waals surface area (Å²) in [6, 6.07) is 0. The normalized spacial score (nSPS) is 11.4. The molecule has 0 aliphatic rings. The van der Waals surface area contributed by atoms with Crippen LogP contribution in [-0.2, 0) is 0 Å². The standard InChI is InChI=1S/C18H37N/c1-2-3-4-5-6-7-8-9-10-11-12-13-14-15-16-17-18-19/h17-18H,2-16,19H2,1H3/b18-17-. The van der Waals surface area contributed by atoms with Gasteiger partial charge in [-0.3, -0.25) is 0 Å². The van der Waals surface area contributed by atoms with Crippen LogP contribution in [0.25, 0.3) is 0 Å². The van der Waals surface area contributed by atoms with Crippen LogP contribution < -0.4 is 5.73 Å². The highest BCUT2D eigenvalue weighted by molar-refractivity contribution is 4.74. The Balaban J connectivity index is 2.91. The molecule has 0 amide bonds. The molecule has 0 aliphatic carbocycles. The van der Waals surface area contributed by atoms with Crippen LogP contribution in [0.1, 0.15) is 103 Å². The first-order valence-corrected chi connectivity index (χ1v) is 8.78. The molecule has 1 heteroatoms. The molecule has 1 nitrogen and oxygen atoms in total. The van der Waals surface area contributed by atoms with Crippen LogP contribution in [0.4, 0.5) is 0 Å². The quantitative estimate of drug-likeness (QED) is 0.345. The fraction of sp³-hybridized carbons (Fsp3) is 0.889. The smallest absolute Gasteiger partial charge is 0.0103 e. The van der Waals surface area contributed by atoms with E-state index in [2.05, 4.69) is 13.0 Å². The van der Waals surface area contributed by atoms with E-state index in [9.17, 15) is 0 Å². The Morgan fingerprint density at radius 1 is 0.579 bits per heavy atom. The van der Waals surface area contributed by atoms with Crippen molar-refractivity contribution < 1.29 is 0 Å². The van der Waals surface area contributed by atoms with Crippen LogP contribution in [0.5, 0.6) is 0 Å². The highest BCUT2D eigenvalue weighted by atomic mass is 14.5. The van der Waals surface area contributed by atoms with E-state index in [1.165, 1.54) is 89.9 Å². The summed E-state index contributed by atoms with van der Waals surface area (Å²) in [6.45, 7) is 2.29. The summed E-state index contributed by atoms with van der Waals surface area (Å²) in [4.78, 5) is 0. The second-order valence-electron chi connectivity index (χ2n) is 5.81. The molecule has 0 atom stereocenters. The molecule has 0 unspecified atom stereocenters. The molecule has 0 saturated heterocycles. The monoisotopic (exact) mass is 267 g/mol. The Morgan fingerprint density at radius 3 is 1.32 bits per heavy atom. The van der Waals surface area contributed by atoms with Crippen LogP contribution in [0, 0.1) is 0 Å². The molecule has 0 heterocycles. The topological polar surface area (TPSA) is 26.0 Å². The van der Waals surface area contributed by atoms with Gasteiger partial charge in [-0.1, -0.05) is 96.5 Å². The van der Waals surface area contributed by atoms with Gasteiger partial charge in [0.2, 0.25) is 0 Å². The lowest BCUT2D eigenvalue weighted by Crippen LogP contribution is -1.83. The Kier molecular flexibility index (Phi) is 17.1. The second kappa shape index (κ2) is 17.5. The molecule has 0 saturated carbocycles. The van der Waals surface area contributed by atoms with Crippen molar-refractivity contribution in [3.8, 4) is 0 Å². The number of nitrogens with two attached hydrogens (primary N) is 1. The first-order chi connectivity index (χ1) is 9.41. The zero-order valence-corrected chi connectivity index (χ0v) is 13.3. The molecule has 0 aromatic carbocycles. The Labute approximate surface area is 122 Å². The molecule has 19 heavy (non-hydrogen) atoms. The molecular formula is C18H37N. The van der Waals surface area contributed by atoms with Crippen LogP contribution in [-0.4, -0.2) is 0 Å². The summed E-state index contributed by atoms with van der Waals surface area (Å²) in [5, 5.41) is 0. The highest BCUT2D eigenvalue weighted by Gasteiger charge is 1.93. The van der Waals surface area contributed by atoms with Gasteiger partial charge in [-0.05, 0) is 19.0 Å². The maximum atomic E-state index is 5.30. The van der Waals surface area contributed by atoms with Crippen LogP contribution in [0.3, 0.4) is 0 Å². The molecule has 0 aromatic rings. The van der Waals surface area contributed by atoms with E-state index in [-0.39, 0.29) is 0 Å². The predicted molar refractivity (Wildman–Crippen MR) is 88.3 cm³/mol. The summed E-state index contributed by atoms with van der Waals surface area (Å²) in [7, 11) is 0. The van der Waals surface area contributed by atoms with Crippen molar-refractivity contribution in [3.05, 3.63) is 12.3 Å². The van der Waals surface area contributed by atoms with E-state index in [4.69, 9.17) is 5.73 Å². The van der Waals surface area contributed by atoms with Crippen LogP contribution >= 0.6 is 0 Å². The lowest BCUT2D eigenvalue weighted by atomic mass is 10.0. The third kappa shape index (κ3) is 17.5. The lowest BCUT2D eigenvalue weighted by molar-refractivity contribution is 0.536. The average Bonchev–Trinajstić information content (AvgIpc) is 2.43. The number of allylic oxidation sites excluding steroid dienone is 1. The average molecular weight is 268 g/mol. The fourth-order valence-corrected chi connectivity index (χ4v) is 2.55. The van der Waals surface area contributed by atoms with Crippen molar-refractivity contribution in [1.29, 1.82) is 0 Å². The Hall–Kier alpha value is -0.460. The van der Waals surface area contributed by atoms with Gasteiger partial charge >= 0.3 is 0 Å². The van der Waals surface area contributed by atoms with Crippen LogP contribution in [0.2, 0.25) is 0 Å². The lowest BCUT2D eigenvalue weighted by Gasteiger charge is -2.02. The zero-order valence-electron chi connectivity index (χ0n) is 13.3. The van der Waals surface area contributed by atoms with Gasteiger partial charge in [-0.15, -0.1) is 0 Å². The summed E-state index contributed by atoms with van der Waals surface area (Å²) in [5.74, 6) is 0. The van der Waals surface area contributed by atoms with Gasteiger partial charge in [0.05, 0.1) is 0 Å². The molecule has 114 valence electrons. The van der Waals surface area contributed by atoms with Gasteiger partial charge in [0.15, 0.2) is 0 Å². The largest absolute Gasteiger partial charge is 0.405 e. The highest BCUT2D eigenvalue weighted by Crippen LogP contribution is 2.13. The molecule has 0 fully saturated rings. The molecular weight excluding hydrogens is 230 g/mol. The van der Waals surface area contributed by atoms with Crippen molar-refractivity contribution in [2.24, 2.45) is 5.73 Å². The molecule has 2 N–H and O–H groups in total. The summed E-state index contributed by atoms with van der Waals surface area (Å²) in [6.07, 6.45) is 24.9. The third-order valence-corrected chi connectivity index (χ3v) is 3.86. The predicted octanol–water partition coefficient (Wildman–Crippen LogP) is 6.33. The van der Waals surface area contributed by atoms with Crippen molar-refractivity contribution in [1.82, 2.24) is 0 Å². The second-order valence-corrected chi connectivity index (χ2v) is 5.81. The van der Waals surface area contributed by atoms with Gasteiger partial charge in [0, 0.05) is 0 Å². The van der Waals surface area contributed by atoms with Gasteiger partial charge < -0.3 is 5.73 Å².